The molecule has 1 saturated heterocycles. The van der Waals surface area contributed by atoms with Crippen LogP contribution in [0.25, 0.3) is 0 Å². The lowest BCUT2D eigenvalue weighted by molar-refractivity contribution is 0.0669. The minimum atomic E-state index is -0.466. The van der Waals surface area contributed by atoms with E-state index < -0.39 is 6.09 Å². The molecule has 1 aliphatic heterocycles. The molecule has 0 aromatic carbocycles. The van der Waals surface area contributed by atoms with Crippen molar-refractivity contribution in [2.24, 2.45) is 5.92 Å². The summed E-state index contributed by atoms with van der Waals surface area (Å²) in [5, 5.41) is 8.01. The van der Waals surface area contributed by atoms with Gasteiger partial charge in [0.1, 0.15) is 0 Å². The van der Waals surface area contributed by atoms with Gasteiger partial charge >= 0.3 is 12.1 Å². The summed E-state index contributed by atoms with van der Waals surface area (Å²) in [6.45, 7) is 5.02. The molecule has 1 heterocycles. The molecule has 0 bridgehead atoms. The van der Waals surface area contributed by atoms with Crippen molar-refractivity contribution in [1.82, 2.24) is 16.0 Å². The first kappa shape index (κ1) is 15.6. The molecule has 0 aromatic rings. The van der Waals surface area contributed by atoms with E-state index in [2.05, 4.69) is 20.7 Å². The van der Waals surface area contributed by atoms with Crippen LogP contribution >= 0.6 is 0 Å². The van der Waals surface area contributed by atoms with Gasteiger partial charge in [-0.2, -0.15) is 0 Å². The number of amides is 3. The Bertz CT molecular complexity index is 280. The number of urea groups is 1. The number of carbonyl (C=O) groups excluding carboxylic acids is 2. The summed E-state index contributed by atoms with van der Waals surface area (Å²) in [5.74, 6) is 0.497. The largest absolute Gasteiger partial charge is 0.450 e. The van der Waals surface area contributed by atoms with Gasteiger partial charge in [-0.1, -0.05) is 0 Å². The normalized spacial score (nSPS) is 15.6. The number of ether oxygens (including phenoxy) is 2. The molecule has 0 atom stereocenters. The van der Waals surface area contributed by atoms with Crippen molar-refractivity contribution in [2.75, 3.05) is 39.5 Å². The van der Waals surface area contributed by atoms with Gasteiger partial charge in [0, 0.05) is 32.8 Å². The van der Waals surface area contributed by atoms with Crippen molar-refractivity contribution in [3.05, 3.63) is 0 Å². The average molecular weight is 273 g/mol. The maximum absolute atomic E-state index is 11.5. The highest BCUT2D eigenvalue weighted by molar-refractivity contribution is 5.73. The molecule has 7 nitrogen and oxygen atoms in total. The van der Waals surface area contributed by atoms with Gasteiger partial charge < -0.3 is 25.4 Å². The topological polar surface area (TPSA) is 88.7 Å². The number of hydrogen-bond donors (Lipinski definition) is 3. The zero-order chi connectivity index (χ0) is 13.9. The molecular formula is C12H23N3O4. The Labute approximate surface area is 113 Å². The van der Waals surface area contributed by atoms with E-state index in [4.69, 9.17) is 4.74 Å². The lowest BCUT2D eigenvalue weighted by Crippen LogP contribution is -2.42. The number of nitrogens with one attached hydrogen (secondary N) is 3. The van der Waals surface area contributed by atoms with Crippen molar-refractivity contribution in [2.45, 2.75) is 19.8 Å². The Balaban J connectivity index is 1.97. The summed E-state index contributed by atoms with van der Waals surface area (Å²) in [5.41, 5.74) is 0. The first-order chi connectivity index (χ1) is 9.22. The van der Waals surface area contributed by atoms with Crippen molar-refractivity contribution < 1.29 is 19.1 Å². The standard InChI is InChI=1S/C12H23N3O4/c1-2-19-12(17)14-6-5-13-11(16)15-9-10-3-7-18-8-4-10/h10H,2-9H2,1H3,(H,14,17)(H2,13,15,16). The van der Waals surface area contributed by atoms with E-state index in [0.717, 1.165) is 26.1 Å². The predicted molar refractivity (Wildman–Crippen MR) is 70.0 cm³/mol. The molecule has 3 N–H and O–H groups in total. The highest BCUT2D eigenvalue weighted by Crippen LogP contribution is 2.12. The van der Waals surface area contributed by atoms with Gasteiger partial charge in [-0.05, 0) is 25.7 Å². The van der Waals surface area contributed by atoms with E-state index in [0.29, 0.717) is 32.2 Å². The van der Waals surface area contributed by atoms with Crippen LogP contribution in [-0.4, -0.2) is 51.6 Å². The molecule has 19 heavy (non-hydrogen) atoms. The molecule has 0 aliphatic carbocycles. The third-order valence-electron chi connectivity index (χ3n) is 2.85. The Hall–Kier alpha value is -1.50. The van der Waals surface area contributed by atoms with Crippen molar-refractivity contribution in [3.63, 3.8) is 0 Å². The van der Waals surface area contributed by atoms with Gasteiger partial charge in [0.25, 0.3) is 0 Å². The molecule has 0 aromatic heterocycles. The molecular weight excluding hydrogens is 250 g/mol. The zero-order valence-corrected chi connectivity index (χ0v) is 11.4. The Morgan fingerprint density at radius 2 is 1.84 bits per heavy atom. The smallest absolute Gasteiger partial charge is 0.407 e. The van der Waals surface area contributed by atoms with E-state index in [-0.39, 0.29) is 6.03 Å². The van der Waals surface area contributed by atoms with Crippen LogP contribution in [0.4, 0.5) is 9.59 Å². The Kier molecular flexibility index (Phi) is 7.72. The third-order valence-corrected chi connectivity index (χ3v) is 2.85. The van der Waals surface area contributed by atoms with Gasteiger partial charge in [0.05, 0.1) is 6.61 Å². The van der Waals surface area contributed by atoms with Crippen LogP contribution in [0.15, 0.2) is 0 Å². The fraction of sp³-hybridized carbons (Fsp3) is 0.833. The van der Waals surface area contributed by atoms with Gasteiger partial charge in [-0.3, -0.25) is 0 Å². The molecule has 1 fully saturated rings. The Morgan fingerprint density at radius 3 is 2.53 bits per heavy atom. The monoisotopic (exact) mass is 273 g/mol. The molecule has 0 radical (unpaired) electrons. The molecule has 0 unspecified atom stereocenters. The lowest BCUT2D eigenvalue weighted by Gasteiger charge is -2.22. The molecule has 110 valence electrons. The summed E-state index contributed by atoms with van der Waals surface area (Å²) in [4.78, 5) is 22.4. The summed E-state index contributed by atoms with van der Waals surface area (Å²) in [6.07, 6.45) is 1.52. The first-order valence-corrected chi connectivity index (χ1v) is 6.72. The molecule has 0 spiro atoms. The SMILES string of the molecule is CCOC(=O)NCCNC(=O)NCC1CCOCC1. The van der Waals surface area contributed by atoms with Crippen LogP contribution in [0.1, 0.15) is 19.8 Å². The predicted octanol–water partition coefficient (Wildman–Crippen LogP) is 0.458. The van der Waals surface area contributed by atoms with Gasteiger partial charge in [0.2, 0.25) is 0 Å². The van der Waals surface area contributed by atoms with Gasteiger partial charge in [-0.25, -0.2) is 9.59 Å². The van der Waals surface area contributed by atoms with E-state index in [9.17, 15) is 9.59 Å². The summed E-state index contributed by atoms with van der Waals surface area (Å²) in [6, 6.07) is -0.211. The number of carbonyl (C=O) groups is 2. The van der Waals surface area contributed by atoms with Crippen LogP contribution in [0.5, 0.6) is 0 Å². The lowest BCUT2D eigenvalue weighted by atomic mass is 10.0. The van der Waals surface area contributed by atoms with Crippen LogP contribution < -0.4 is 16.0 Å². The second-order valence-corrected chi connectivity index (χ2v) is 4.34. The fourth-order valence-electron chi connectivity index (χ4n) is 1.77. The highest BCUT2D eigenvalue weighted by Gasteiger charge is 2.14. The number of rotatable bonds is 6. The van der Waals surface area contributed by atoms with Crippen LogP contribution in [0.2, 0.25) is 0 Å². The molecule has 7 heteroatoms. The summed E-state index contributed by atoms with van der Waals surface area (Å²) < 4.78 is 9.93. The van der Waals surface area contributed by atoms with Crippen molar-refractivity contribution >= 4 is 12.1 Å². The van der Waals surface area contributed by atoms with Crippen LogP contribution in [0.3, 0.4) is 0 Å². The van der Waals surface area contributed by atoms with Crippen molar-refractivity contribution in [3.8, 4) is 0 Å². The van der Waals surface area contributed by atoms with E-state index in [1.54, 1.807) is 6.92 Å². The summed E-state index contributed by atoms with van der Waals surface area (Å²) in [7, 11) is 0. The Morgan fingerprint density at radius 1 is 1.16 bits per heavy atom. The van der Waals surface area contributed by atoms with Gasteiger partial charge in [0.15, 0.2) is 0 Å². The quantitative estimate of drug-likeness (QED) is 0.613. The molecule has 3 amide bonds. The van der Waals surface area contributed by atoms with Crippen LogP contribution in [-0.2, 0) is 9.47 Å². The maximum Gasteiger partial charge on any atom is 0.407 e. The summed E-state index contributed by atoms with van der Waals surface area (Å²) >= 11 is 0. The van der Waals surface area contributed by atoms with E-state index >= 15 is 0 Å². The fourth-order valence-corrected chi connectivity index (χ4v) is 1.77. The minimum absolute atomic E-state index is 0.211. The van der Waals surface area contributed by atoms with Crippen LogP contribution in [0, 0.1) is 5.92 Å². The zero-order valence-electron chi connectivity index (χ0n) is 11.4. The first-order valence-electron chi connectivity index (χ1n) is 6.72. The average Bonchev–Trinajstić information content (AvgIpc) is 2.43. The van der Waals surface area contributed by atoms with E-state index in [1.165, 1.54) is 0 Å². The maximum atomic E-state index is 11.5. The molecule has 0 saturated carbocycles. The van der Waals surface area contributed by atoms with Crippen molar-refractivity contribution in [1.29, 1.82) is 0 Å². The number of alkyl carbamates (subject to hydrolysis) is 1. The highest BCUT2D eigenvalue weighted by atomic mass is 16.5. The second-order valence-electron chi connectivity index (χ2n) is 4.34. The minimum Gasteiger partial charge on any atom is -0.450 e. The molecule has 1 rings (SSSR count). The van der Waals surface area contributed by atoms with Gasteiger partial charge in [-0.15, -0.1) is 0 Å². The van der Waals surface area contributed by atoms with E-state index in [1.807, 2.05) is 0 Å². The molecule has 1 aliphatic rings. The third kappa shape index (κ3) is 7.50. The number of hydrogen-bond acceptors (Lipinski definition) is 4. The second kappa shape index (κ2) is 9.43.